The van der Waals surface area contributed by atoms with Gasteiger partial charge in [0, 0.05) is 28.9 Å². The van der Waals surface area contributed by atoms with Crippen LogP contribution in [0.1, 0.15) is 5.82 Å². The van der Waals surface area contributed by atoms with E-state index >= 15 is 0 Å². The second kappa shape index (κ2) is 8.05. The Kier molecular flexibility index (Phi) is 6.08. The normalized spacial score (nSPS) is 11.2. The summed E-state index contributed by atoms with van der Waals surface area (Å²) in [6, 6.07) is 7.84. The van der Waals surface area contributed by atoms with Crippen molar-refractivity contribution >= 4 is 28.7 Å². The first kappa shape index (κ1) is 15.9. The molecule has 0 bridgehead atoms. The molecule has 0 unspecified atom stereocenters. The lowest BCUT2D eigenvalue weighted by Crippen LogP contribution is -2.24. The molecule has 0 saturated heterocycles. The molecule has 0 atom stereocenters. The highest BCUT2D eigenvalue weighted by Gasteiger charge is 2.06. The number of aliphatic hydroxyl groups is 2. The van der Waals surface area contributed by atoms with Gasteiger partial charge in [-0.3, -0.25) is 0 Å². The van der Waals surface area contributed by atoms with Crippen LogP contribution in [-0.2, 0) is 0 Å². The standard InChI is InChI=1S/C13H16IN5O2/c14-11-1-3-12(4-2-11)19-13(15-16-17-19)5-6-18(7-9-20)8-10-21/h1-6,20-21H,7-10H2. The maximum Gasteiger partial charge on any atom is 0.181 e. The molecule has 1 aromatic heterocycles. The van der Waals surface area contributed by atoms with E-state index in [4.69, 9.17) is 10.2 Å². The van der Waals surface area contributed by atoms with Crippen LogP contribution < -0.4 is 0 Å². The van der Waals surface area contributed by atoms with Crippen LogP contribution in [0, 0.1) is 3.57 Å². The Morgan fingerprint density at radius 2 is 1.81 bits per heavy atom. The van der Waals surface area contributed by atoms with E-state index in [0.29, 0.717) is 18.9 Å². The molecule has 21 heavy (non-hydrogen) atoms. The summed E-state index contributed by atoms with van der Waals surface area (Å²) in [6.07, 6.45) is 3.52. The minimum Gasteiger partial charge on any atom is -0.395 e. The Balaban J connectivity index is 2.18. The van der Waals surface area contributed by atoms with Gasteiger partial charge in [-0.2, -0.15) is 4.68 Å². The predicted octanol–water partition coefficient (Wildman–Crippen LogP) is 0.524. The molecule has 0 radical (unpaired) electrons. The van der Waals surface area contributed by atoms with Gasteiger partial charge in [-0.25, -0.2) is 0 Å². The first-order valence-corrected chi connectivity index (χ1v) is 7.51. The second-order valence-corrected chi connectivity index (χ2v) is 5.47. The summed E-state index contributed by atoms with van der Waals surface area (Å²) < 4.78 is 2.77. The molecule has 1 heterocycles. The average Bonchev–Trinajstić information content (AvgIpc) is 2.94. The van der Waals surface area contributed by atoms with Crippen molar-refractivity contribution in [2.24, 2.45) is 0 Å². The van der Waals surface area contributed by atoms with Gasteiger partial charge in [0.1, 0.15) is 0 Å². The van der Waals surface area contributed by atoms with Crippen LogP contribution in [0.3, 0.4) is 0 Å². The maximum absolute atomic E-state index is 8.98. The number of rotatable bonds is 7. The third-order valence-electron chi connectivity index (χ3n) is 2.77. The fourth-order valence-corrected chi connectivity index (χ4v) is 2.11. The molecule has 0 aliphatic rings. The molecular weight excluding hydrogens is 385 g/mol. The van der Waals surface area contributed by atoms with E-state index in [2.05, 4.69) is 38.1 Å². The Morgan fingerprint density at radius 3 is 2.43 bits per heavy atom. The van der Waals surface area contributed by atoms with Crippen molar-refractivity contribution < 1.29 is 10.2 Å². The van der Waals surface area contributed by atoms with E-state index in [0.717, 1.165) is 9.26 Å². The van der Waals surface area contributed by atoms with E-state index in [1.807, 2.05) is 24.3 Å². The molecule has 2 aromatic rings. The van der Waals surface area contributed by atoms with Crippen molar-refractivity contribution in [1.82, 2.24) is 25.1 Å². The quantitative estimate of drug-likeness (QED) is 0.659. The molecule has 1 aromatic carbocycles. The van der Waals surface area contributed by atoms with Gasteiger partial charge in [-0.15, -0.1) is 5.10 Å². The minimum absolute atomic E-state index is 0.0202. The minimum atomic E-state index is 0.0202. The molecule has 7 nitrogen and oxygen atoms in total. The smallest absolute Gasteiger partial charge is 0.181 e. The summed E-state index contributed by atoms with van der Waals surface area (Å²) >= 11 is 2.24. The van der Waals surface area contributed by atoms with E-state index < -0.39 is 0 Å². The molecule has 0 saturated carbocycles. The highest BCUT2D eigenvalue weighted by molar-refractivity contribution is 14.1. The average molecular weight is 401 g/mol. The zero-order valence-corrected chi connectivity index (χ0v) is 13.5. The van der Waals surface area contributed by atoms with Gasteiger partial charge in [0.2, 0.25) is 0 Å². The Bertz CT molecular complexity index is 579. The lowest BCUT2D eigenvalue weighted by Gasteiger charge is -2.17. The third kappa shape index (κ3) is 4.48. The molecule has 8 heteroatoms. The number of aliphatic hydroxyl groups excluding tert-OH is 2. The van der Waals surface area contributed by atoms with Gasteiger partial charge in [0.15, 0.2) is 5.82 Å². The van der Waals surface area contributed by atoms with Crippen LogP contribution in [0.25, 0.3) is 11.8 Å². The molecule has 0 fully saturated rings. The van der Waals surface area contributed by atoms with Gasteiger partial charge in [-0.05, 0) is 57.3 Å². The van der Waals surface area contributed by atoms with Crippen LogP contribution in [0.5, 0.6) is 0 Å². The van der Waals surface area contributed by atoms with Crippen molar-refractivity contribution in [3.63, 3.8) is 0 Å². The fraction of sp³-hybridized carbons (Fsp3) is 0.308. The first-order valence-electron chi connectivity index (χ1n) is 6.43. The van der Waals surface area contributed by atoms with Crippen LogP contribution in [-0.4, -0.2) is 61.6 Å². The fourth-order valence-electron chi connectivity index (χ4n) is 1.75. The van der Waals surface area contributed by atoms with E-state index in [-0.39, 0.29) is 13.2 Å². The second-order valence-electron chi connectivity index (χ2n) is 4.22. The number of benzene rings is 1. The van der Waals surface area contributed by atoms with Gasteiger partial charge >= 0.3 is 0 Å². The Hall–Kier alpha value is -1.52. The topological polar surface area (TPSA) is 87.3 Å². The molecule has 0 aliphatic carbocycles. The van der Waals surface area contributed by atoms with Crippen molar-refractivity contribution in [1.29, 1.82) is 0 Å². The Morgan fingerprint density at radius 1 is 1.14 bits per heavy atom. The zero-order chi connectivity index (χ0) is 15.1. The first-order chi connectivity index (χ1) is 10.2. The summed E-state index contributed by atoms with van der Waals surface area (Å²) in [6.45, 7) is 0.934. The molecule has 0 spiro atoms. The van der Waals surface area contributed by atoms with Crippen LogP contribution in [0.4, 0.5) is 0 Å². The van der Waals surface area contributed by atoms with Crippen LogP contribution >= 0.6 is 22.6 Å². The number of hydrogen-bond acceptors (Lipinski definition) is 6. The SMILES string of the molecule is OCCN(C=Cc1nnnn1-c1ccc(I)cc1)CCO. The van der Waals surface area contributed by atoms with Crippen molar-refractivity contribution in [3.8, 4) is 5.69 Å². The third-order valence-corrected chi connectivity index (χ3v) is 3.49. The molecule has 112 valence electrons. The summed E-state index contributed by atoms with van der Waals surface area (Å²) in [7, 11) is 0. The lowest BCUT2D eigenvalue weighted by molar-refractivity contribution is 0.199. The van der Waals surface area contributed by atoms with Gasteiger partial charge < -0.3 is 15.1 Å². The van der Waals surface area contributed by atoms with Crippen molar-refractivity contribution in [3.05, 3.63) is 39.9 Å². The van der Waals surface area contributed by atoms with Crippen molar-refractivity contribution in [2.75, 3.05) is 26.3 Å². The molecule has 0 amide bonds. The molecule has 0 aliphatic heterocycles. The summed E-state index contributed by atoms with van der Waals surface area (Å²) in [4.78, 5) is 1.80. The van der Waals surface area contributed by atoms with E-state index in [1.54, 1.807) is 21.9 Å². The number of halogens is 1. The molecular formula is C13H16IN5O2. The zero-order valence-electron chi connectivity index (χ0n) is 11.3. The summed E-state index contributed by atoms with van der Waals surface area (Å²) in [5.74, 6) is 0.581. The van der Waals surface area contributed by atoms with Gasteiger partial charge in [-0.1, -0.05) is 0 Å². The number of tetrazole rings is 1. The van der Waals surface area contributed by atoms with Crippen molar-refractivity contribution in [2.45, 2.75) is 0 Å². The number of hydrogen-bond donors (Lipinski definition) is 2. The molecule has 2 N–H and O–H groups in total. The summed E-state index contributed by atoms with van der Waals surface area (Å²) in [5, 5.41) is 29.6. The monoisotopic (exact) mass is 401 g/mol. The van der Waals surface area contributed by atoms with Gasteiger partial charge in [0.25, 0.3) is 0 Å². The number of aromatic nitrogens is 4. The van der Waals surface area contributed by atoms with E-state index in [1.165, 1.54) is 0 Å². The summed E-state index contributed by atoms with van der Waals surface area (Å²) in [5.41, 5.74) is 0.871. The molecule has 2 rings (SSSR count). The van der Waals surface area contributed by atoms with Crippen LogP contribution in [0.2, 0.25) is 0 Å². The van der Waals surface area contributed by atoms with E-state index in [9.17, 15) is 0 Å². The largest absolute Gasteiger partial charge is 0.395 e. The Labute approximate surface area is 136 Å². The predicted molar refractivity (Wildman–Crippen MR) is 86.6 cm³/mol. The van der Waals surface area contributed by atoms with Crippen LogP contribution in [0.15, 0.2) is 30.5 Å². The van der Waals surface area contributed by atoms with Gasteiger partial charge in [0.05, 0.1) is 18.9 Å². The highest BCUT2D eigenvalue weighted by Crippen LogP contribution is 2.12. The lowest BCUT2D eigenvalue weighted by atomic mass is 10.3. The number of nitrogens with zero attached hydrogens (tertiary/aromatic N) is 5. The maximum atomic E-state index is 8.98. The highest BCUT2D eigenvalue weighted by atomic mass is 127.